The molecule has 2 unspecified atom stereocenters. The summed E-state index contributed by atoms with van der Waals surface area (Å²) < 4.78 is 3.67. The van der Waals surface area contributed by atoms with Crippen molar-refractivity contribution in [3.05, 3.63) is 22.9 Å². The molecule has 0 amide bonds. The predicted octanol–water partition coefficient (Wildman–Crippen LogP) is 1.84. The summed E-state index contributed by atoms with van der Waals surface area (Å²) in [6.07, 6.45) is 9.87. The van der Waals surface area contributed by atoms with E-state index in [0.717, 1.165) is 31.8 Å². The fourth-order valence-electron chi connectivity index (χ4n) is 3.10. The van der Waals surface area contributed by atoms with Crippen LogP contribution in [0.25, 0.3) is 0 Å². The van der Waals surface area contributed by atoms with Gasteiger partial charge in [0.2, 0.25) is 0 Å². The average molecular weight is 251 g/mol. The maximum absolute atomic E-state index is 12.0. The second-order valence-corrected chi connectivity index (χ2v) is 5.34. The first-order chi connectivity index (χ1) is 8.76. The van der Waals surface area contributed by atoms with Gasteiger partial charge in [0.15, 0.2) is 0 Å². The summed E-state index contributed by atoms with van der Waals surface area (Å²) in [7, 11) is 2.05. The molecule has 0 saturated heterocycles. The van der Waals surface area contributed by atoms with Crippen molar-refractivity contribution in [3.63, 3.8) is 0 Å². The van der Waals surface area contributed by atoms with Crippen LogP contribution in [-0.4, -0.2) is 22.2 Å². The molecule has 4 heteroatoms. The van der Waals surface area contributed by atoms with Gasteiger partial charge in [-0.2, -0.15) is 0 Å². The number of rotatable bonds is 6. The summed E-state index contributed by atoms with van der Waals surface area (Å²) in [5.74, 6) is 0.733. The Hall–Kier alpha value is -1.03. The highest BCUT2D eigenvalue weighted by Gasteiger charge is 2.25. The standard InChI is InChI=1S/C14H25N3O/c1-3-8-16-10-11-17(14(16)18)9-7-12-5-4-6-13(12)15-2/h10-13,15H,3-9H2,1-2H3. The van der Waals surface area contributed by atoms with Crippen LogP contribution < -0.4 is 11.0 Å². The zero-order valence-corrected chi connectivity index (χ0v) is 11.6. The van der Waals surface area contributed by atoms with Crippen molar-refractivity contribution in [2.24, 2.45) is 5.92 Å². The molecule has 1 aromatic heterocycles. The van der Waals surface area contributed by atoms with Gasteiger partial charge in [0, 0.05) is 31.5 Å². The van der Waals surface area contributed by atoms with E-state index < -0.39 is 0 Å². The molecule has 1 heterocycles. The van der Waals surface area contributed by atoms with Crippen LogP contribution in [0, 0.1) is 5.92 Å². The largest absolute Gasteiger partial charge is 0.328 e. The molecule has 1 aliphatic rings. The summed E-state index contributed by atoms with van der Waals surface area (Å²) in [5.41, 5.74) is 0.149. The molecule has 18 heavy (non-hydrogen) atoms. The van der Waals surface area contributed by atoms with Gasteiger partial charge >= 0.3 is 5.69 Å². The molecule has 4 nitrogen and oxygen atoms in total. The Morgan fingerprint density at radius 2 is 2.00 bits per heavy atom. The van der Waals surface area contributed by atoms with Crippen LogP contribution in [0.4, 0.5) is 0 Å². The molecule has 0 aliphatic heterocycles. The molecule has 0 spiro atoms. The average Bonchev–Trinajstić information content (AvgIpc) is 2.96. The van der Waals surface area contributed by atoms with E-state index in [2.05, 4.69) is 12.2 Å². The zero-order chi connectivity index (χ0) is 13.0. The van der Waals surface area contributed by atoms with Crippen molar-refractivity contribution in [2.45, 2.75) is 58.2 Å². The van der Waals surface area contributed by atoms with Gasteiger partial charge in [-0.3, -0.25) is 9.13 Å². The van der Waals surface area contributed by atoms with E-state index in [9.17, 15) is 4.79 Å². The monoisotopic (exact) mass is 251 g/mol. The topological polar surface area (TPSA) is 39.0 Å². The lowest BCUT2D eigenvalue weighted by Gasteiger charge is -2.18. The molecule has 1 fully saturated rings. The van der Waals surface area contributed by atoms with Crippen LogP contribution in [0.2, 0.25) is 0 Å². The fraction of sp³-hybridized carbons (Fsp3) is 0.786. The van der Waals surface area contributed by atoms with Crippen LogP contribution >= 0.6 is 0 Å². The van der Waals surface area contributed by atoms with Gasteiger partial charge in [-0.15, -0.1) is 0 Å². The third kappa shape index (κ3) is 2.86. The molecular weight excluding hydrogens is 226 g/mol. The van der Waals surface area contributed by atoms with E-state index in [4.69, 9.17) is 0 Å². The molecular formula is C14H25N3O. The lowest BCUT2D eigenvalue weighted by atomic mass is 10.00. The molecule has 102 valence electrons. The van der Waals surface area contributed by atoms with Crippen LogP contribution in [0.15, 0.2) is 17.2 Å². The highest BCUT2D eigenvalue weighted by Crippen LogP contribution is 2.28. The lowest BCUT2D eigenvalue weighted by molar-refractivity contribution is 0.374. The van der Waals surface area contributed by atoms with E-state index in [1.54, 1.807) is 0 Å². The molecule has 0 radical (unpaired) electrons. The van der Waals surface area contributed by atoms with E-state index in [-0.39, 0.29) is 5.69 Å². The van der Waals surface area contributed by atoms with Gasteiger partial charge in [0.25, 0.3) is 0 Å². The summed E-state index contributed by atoms with van der Waals surface area (Å²) in [6, 6.07) is 0.651. The second-order valence-electron chi connectivity index (χ2n) is 5.34. The molecule has 2 atom stereocenters. The number of nitrogens with one attached hydrogen (secondary N) is 1. The van der Waals surface area contributed by atoms with Gasteiger partial charge in [-0.1, -0.05) is 13.3 Å². The summed E-state index contributed by atoms with van der Waals surface area (Å²) in [4.78, 5) is 12.0. The van der Waals surface area contributed by atoms with Crippen molar-refractivity contribution in [1.82, 2.24) is 14.5 Å². The highest BCUT2D eigenvalue weighted by atomic mass is 16.1. The quantitative estimate of drug-likeness (QED) is 0.838. The summed E-state index contributed by atoms with van der Waals surface area (Å²) in [5, 5.41) is 3.40. The lowest BCUT2D eigenvalue weighted by Crippen LogP contribution is -2.31. The van der Waals surface area contributed by atoms with Gasteiger partial charge in [0.1, 0.15) is 0 Å². The Balaban J connectivity index is 1.92. The van der Waals surface area contributed by atoms with Crippen molar-refractivity contribution < 1.29 is 0 Å². The van der Waals surface area contributed by atoms with E-state index in [1.807, 2.05) is 28.6 Å². The predicted molar refractivity (Wildman–Crippen MR) is 73.8 cm³/mol. The molecule has 0 bridgehead atoms. The van der Waals surface area contributed by atoms with Crippen LogP contribution in [0.3, 0.4) is 0 Å². The van der Waals surface area contributed by atoms with E-state index >= 15 is 0 Å². The van der Waals surface area contributed by atoms with Crippen LogP contribution in [-0.2, 0) is 13.1 Å². The normalized spacial score (nSPS) is 23.7. The van der Waals surface area contributed by atoms with Crippen LogP contribution in [0.1, 0.15) is 39.0 Å². The Morgan fingerprint density at radius 1 is 1.28 bits per heavy atom. The Morgan fingerprint density at radius 3 is 2.67 bits per heavy atom. The Bertz CT molecular complexity index is 421. The van der Waals surface area contributed by atoms with E-state index in [0.29, 0.717) is 6.04 Å². The molecule has 1 aliphatic carbocycles. The minimum Gasteiger partial charge on any atom is -0.317 e. The maximum Gasteiger partial charge on any atom is 0.328 e. The van der Waals surface area contributed by atoms with Gasteiger partial charge < -0.3 is 5.32 Å². The maximum atomic E-state index is 12.0. The van der Waals surface area contributed by atoms with Crippen molar-refractivity contribution in [3.8, 4) is 0 Å². The summed E-state index contributed by atoms with van der Waals surface area (Å²) >= 11 is 0. The first-order valence-corrected chi connectivity index (χ1v) is 7.19. The van der Waals surface area contributed by atoms with Crippen LogP contribution in [0.5, 0.6) is 0 Å². The van der Waals surface area contributed by atoms with Crippen molar-refractivity contribution >= 4 is 0 Å². The first kappa shape index (κ1) is 13.4. The molecule has 1 N–H and O–H groups in total. The Labute approximate surface area is 109 Å². The minimum atomic E-state index is 0.149. The van der Waals surface area contributed by atoms with Gasteiger partial charge in [-0.05, 0) is 38.6 Å². The third-order valence-electron chi connectivity index (χ3n) is 4.15. The fourth-order valence-corrected chi connectivity index (χ4v) is 3.10. The van der Waals surface area contributed by atoms with Gasteiger partial charge in [-0.25, -0.2) is 4.79 Å². The summed E-state index contributed by atoms with van der Waals surface area (Å²) in [6.45, 7) is 3.78. The number of nitrogens with zero attached hydrogens (tertiary/aromatic N) is 2. The number of imidazole rings is 1. The molecule has 1 saturated carbocycles. The number of hydrogen-bond donors (Lipinski definition) is 1. The van der Waals surface area contributed by atoms with E-state index in [1.165, 1.54) is 19.3 Å². The van der Waals surface area contributed by atoms with Gasteiger partial charge in [0.05, 0.1) is 0 Å². The smallest absolute Gasteiger partial charge is 0.317 e. The first-order valence-electron chi connectivity index (χ1n) is 7.19. The second kappa shape index (κ2) is 6.23. The van der Waals surface area contributed by atoms with Crippen molar-refractivity contribution in [1.29, 1.82) is 0 Å². The molecule has 2 rings (SSSR count). The number of aryl methyl sites for hydroxylation is 2. The molecule has 0 aromatic carbocycles. The third-order valence-corrected chi connectivity index (χ3v) is 4.15. The number of hydrogen-bond acceptors (Lipinski definition) is 2. The Kier molecular flexibility index (Phi) is 4.64. The number of aromatic nitrogens is 2. The zero-order valence-electron chi connectivity index (χ0n) is 11.6. The molecule has 1 aromatic rings. The minimum absolute atomic E-state index is 0.149. The highest BCUT2D eigenvalue weighted by molar-refractivity contribution is 4.85. The van der Waals surface area contributed by atoms with Crippen molar-refractivity contribution in [2.75, 3.05) is 7.05 Å². The SMILES string of the molecule is CCCn1ccn(CCC2CCCC2NC)c1=O.